The summed E-state index contributed by atoms with van der Waals surface area (Å²) in [4.78, 5) is 53.9. The second-order valence-corrected chi connectivity index (χ2v) is 8.28. The van der Waals surface area contributed by atoms with Crippen molar-refractivity contribution in [1.82, 2.24) is 29.8 Å². The fraction of sp³-hybridized carbons (Fsp3) is 0.350. The van der Waals surface area contributed by atoms with Gasteiger partial charge in [0.2, 0.25) is 11.8 Å². The highest BCUT2D eigenvalue weighted by atomic mass is 32.2. The van der Waals surface area contributed by atoms with Crippen molar-refractivity contribution >= 4 is 46.6 Å². The van der Waals surface area contributed by atoms with Gasteiger partial charge in [0.15, 0.2) is 17.3 Å². The van der Waals surface area contributed by atoms with E-state index in [0.29, 0.717) is 28.5 Å². The molecule has 2 aliphatic rings. The van der Waals surface area contributed by atoms with E-state index in [9.17, 15) is 14.4 Å². The van der Waals surface area contributed by atoms with Crippen LogP contribution in [0.15, 0.2) is 34.3 Å². The molecule has 2 aliphatic heterocycles. The van der Waals surface area contributed by atoms with Gasteiger partial charge in [0.05, 0.1) is 24.7 Å². The van der Waals surface area contributed by atoms with Crippen molar-refractivity contribution in [2.75, 3.05) is 42.2 Å². The molecule has 14 heteroatoms. The van der Waals surface area contributed by atoms with E-state index in [4.69, 9.17) is 13.6 Å². The third-order valence-corrected chi connectivity index (χ3v) is 5.93. The van der Waals surface area contributed by atoms with E-state index in [-0.39, 0.29) is 47.7 Å². The summed E-state index contributed by atoms with van der Waals surface area (Å²) in [6.45, 7) is -1.59. The van der Waals surface area contributed by atoms with Crippen molar-refractivity contribution < 1.29 is 23.2 Å². The van der Waals surface area contributed by atoms with Gasteiger partial charge < -0.3 is 20.1 Å². The van der Waals surface area contributed by atoms with Crippen LogP contribution in [0.5, 0.6) is 5.88 Å². The maximum absolute atomic E-state index is 12.3. The Hall–Kier alpha value is -3.78. The third-order valence-electron chi connectivity index (χ3n) is 4.95. The zero-order valence-corrected chi connectivity index (χ0v) is 18.4. The number of ether oxygens (including phenoxy) is 2. The lowest BCUT2D eigenvalue weighted by Gasteiger charge is -2.17. The van der Waals surface area contributed by atoms with Crippen LogP contribution < -0.4 is 25.8 Å². The van der Waals surface area contributed by atoms with Crippen LogP contribution in [-0.4, -0.2) is 74.6 Å². The minimum Gasteiger partial charge on any atom is -0.476 e. The van der Waals surface area contributed by atoms with Gasteiger partial charge in [-0.05, 0) is 6.07 Å². The molecule has 5 rings (SSSR count). The number of pyridine rings is 1. The van der Waals surface area contributed by atoms with Crippen LogP contribution in [0.2, 0.25) is 0 Å². The van der Waals surface area contributed by atoms with Crippen LogP contribution in [0.25, 0.3) is 11.2 Å². The number of hydrogen-bond donors (Lipinski definition) is 2. The molecule has 0 bridgehead atoms. The van der Waals surface area contributed by atoms with Gasteiger partial charge in [-0.1, -0.05) is 11.8 Å². The lowest BCUT2D eigenvalue weighted by Crippen LogP contribution is -2.33. The second-order valence-electron chi connectivity index (χ2n) is 7.31. The number of aryl methyl sites for hydroxylation is 1. The highest BCUT2D eigenvalue weighted by Gasteiger charge is 2.34. The summed E-state index contributed by atoms with van der Waals surface area (Å²) in [7, 11) is 0. The molecule has 5 heterocycles. The Morgan fingerprint density at radius 1 is 1.29 bits per heavy atom. The summed E-state index contributed by atoms with van der Waals surface area (Å²) in [5.74, 6) is 0.819. The van der Waals surface area contributed by atoms with Gasteiger partial charge >= 0.3 is 6.09 Å². The van der Waals surface area contributed by atoms with Crippen LogP contribution in [0, 0.1) is 0 Å². The first-order valence-electron chi connectivity index (χ1n) is 11.7. The monoisotopic (exact) mass is 487 g/mol. The number of thioether (sulfide) groups is 1. The van der Waals surface area contributed by atoms with Crippen LogP contribution in [0.4, 0.5) is 16.4 Å². The molecule has 0 unspecified atom stereocenters. The number of nitrogens with one attached hydrogen (secondary N) is 2. The Morgan fingerprint density at radius 3 is 3.09 bits per heavy atom. The molecule has 3 aromatic rings. The molecule has 3 aromatic heterocycles. The minimum absolute atomic E-state index is 0.0978. The molecule has 1 saturated heterocycles. The number of hydrogen-bond acceptors (Lipinski definition) is 11. The van der Waals surface area contributed by atoms with Crippen LogP contribution in [0.1, 0.15) is 4.11 Å². The lowest BCUT2D eigenvalue weighted by molar-refractivity contribution is -0.113. The number of carbonyl (C=O) groups is 2. The predicted molar refractivity (Wildman–Crippen MR) is 122 cm³/mol. The van der Waals surface area contributed by atoms with E-state index in [1.165, 1.54) is 35.0 Å². The summed E-state index contributed by atoms with van der Waals surface area (Å²) in [5, 5.41) is 6.35. The topological polar surface area (TPSA) is 153 Å². The molecule has 2 N–H and O–H groups in total. The van der Waals surface area contributed by atoms with Crippen molar-refractivity contribution in [1.29, 1.82) is 0 Å². The quantitative estimate of drug-likeness (QED) is 0.438. The fourth-order valence-corrected chi connectivity index (χ4v) is 4.05. The first-order chi connectivity index (χ1) is 17.7. The van der Waals surface area contributed by atoms with Crippen molar-refractivity contribution in [2.24, 2.45) is 6.98 Å². The molecule has 0 aliphatic carbocycles. The fourth-order valence-electron chi connectivity index (χ4n) is 3.35. The van der Waals surface area contributed by atoms with Gasteiger partial charge in [-0.15, -0.1) is 0 Å². The maximum atomic E-state index is 12.3. The van der Waals surface area contributed by atoms with Crippen LogP contribution in [-0.2, 0) is 16.5 Å². The summed E-state index contributed by atoms with van der Waals surface area (Å²) < 4.78 is 34.3. The average Bonchev–Trinajstić information content (AvgIpc) is 3.22. The van der Waals surface area contributed by atoms with Gasteiger partial charge in [0.25, 0.3) is 5.56 Å². The summed E-state index contributed by atoms with van der Waals surface area (Å²) in [6, 6.07) is 3.05. The van der Waals surface area contributed by atoms with E-state index in [2.05, 4.69) is 30.6 Å². The van der Waals surface area contributed by atoms with Crippen molar-refractivity contribution in [3.8, 4) is 5.88 Å². The third kappa shape index (κ3) is 4.49. The predicted octanol–water partition coefficient (Wildman–Crippen LogP) is 0.156. The Balaban J connectivity index is 1.13. The molecule has 2 amide bonds. The van der Waals surface area contributed by atoms with Crippen molar-refractivity contribution in [2.45, 2.75) is 11.1 Å². The largest absolute Gasteiger partial charge is 0.476 e. The standard InChI is InChI=1S/C20H20N8O5S/c1-27-16(30)8-22-12-2-3-15(26-18(12)27)32-5-4-21-6-11-9-28(20(31)33-11)13-7-23-19-17(24-13)25-14(29)10-34-19/h2-3,7-8,11,21H,4-6,9-10H2,1H3,(H,24,25,29)/t11-/m0/s1/i1D3. The Labute approximate surface area is 201 Å². The van der Waals surface area contributed by atoms with Crippen molar-refractivity contribution in [3.63, 3.8) is 0 Å². The Morgan fingerprint density at radius 2 is 2.21 bits per heavy atom. The molecular weight excluding hydrogens is 464 g/mol. The molecule has 1 atom stereocenters. The smallest absolute Gasteiger partial charge is 0.416 e. The van der Waals surface area contributed by atoms with Gasteiger partial charge in [0, 0.05) is 30.2 Å². The molecule has 34 heavy (non-hydrogen) atoms. The van der Waals surface area contributed by atoms with Gasteiger partial charge in [0.1, 0.15) is 23.3 Å². The average molecular weight is 488 g/mol. The van der Waals surface area contributed by atoms with E-state index in [0.717, 1.165) is 6.20 Å². The zero-order chi connectivity index (χ0) is 26.2. The number of anilines is 2. The van der Waals surface area contributed by atoms with E-state index in [1.807, 2.05) is 0 Å². The molecule has 13 nitrogen and oxygen atoms in total. The van der Waals surface area contributed by atoms with Crippen LogP contribution in [0.3, 0.4) is 0 Å². The summed E-state index contributed by atoms with van der Waals surface area (Å²) in [6.07, 6.45) is 1.38. The van der Waals surface area contributed by atoms with Crippen LogP contribution >= 0.6 is 11.8 Å². The number of cyclic esters (lactones) is 1. The van der Waals surface area contributed by atoms with Crippen molar-refractivity contribution in [3.05, 3.63) is 34.9 Å². The number of fused-ring (bicyclic) bond motifs is 2. The summed E-state index contributed by atoms with van der Waals surface area (Å²) >= 11 is 1.28. The molecule has 0 radical (unpaired) electrons. The molecule has 0 saturated carbocycles. The Bertz CT molecular complexity index is 1440. The molecule has 0 aromatic carbocycles. The summed E-state index contributed by atoms with van der Waals surface area (Å²) in [5.41, 5.74) is -0.637. The van der Waals surface area contributed by atoms with Gasteiger partial charge in [-0.3, -0.25) is 19.1 Å². The zero-order valence-electron chi connectivity index (χ0n) is 20.6. The number of carbonyl (C=O) groups excluding carboxylic acids is 2. The number of amides is 2. The minimum atomic E-state index is -2.71. The lowest BCUT2D eigenvalue weighted by atomic mass is 10.3. The highest BCUT2D eigenvalue weighted by molar-refractivity contribution is 8.00. The normalized spacial score (nSPS) is 19.1. The highest BCUT2D eigenvalue weighted by Crippen LogP contribution is 2.30. The number of aromatic nitrogens is 5. The first-order valence-corrected chi connectivity index (χ1v) is 11.2. The molecule has 0 spiro atoms. The number of rotatable bonds is 7. The Kier molecular flexibility index (Phi) is 5.05. The maximum Gasteiger partial charge on any atom is 0.416 e. The van der Waals surface area contributed by atoms with Gasteiger partial charge in [-0.25, -0.2) is 19.7 Å². The number of nitrogens with zero attached hydrogens (tertiary/aromatic N) is 6. The second kappa shape index (κ2) is 9.23. The van der Waals surface area contributed by atoms with E-state index < -0.39 is 24.7 Å². The molecule has 176 valence electrons. The first kappa shape index (κ1) is 18.6. The molecule has 1 fully saturated rings. The molecular formula is C20H20N8O5S. The van der Waals surface area contributed by atoms with Gasteiger partial charge in [-0.2, -0.15) is 4.98 Å². The van der Waals surface area contributed by atoms with E-state index >= 15 is 0 Å². The SMILES string of the molecule is [2H]C([2H])([2H])n1c(=O)cnc2ccc(OCCNC[C@H]3CN(c4cnc5c(n4)NC(=O)CS5)C(=O)O3)nc21. The van der Waals surface area contributed by atoms with E-state index in [1.54, 1.807) is 0 Å².